The molecule has 0 saturated carbocycles. The van der Waals surface area contributed by atoms with E-state index >= 15 is 0 Å². The third-order valence-corrected chi connectivity index (χ3v) is 3.32. The fraction of sp³-hybridized carbons (Fsp3) is 0.714. The average Bonchev–Trinajstić information content (AvgIpc) is 2.65. The average molecular weight is 237 g/mol. The van der Waals surface area contributed by atoms with Gasteiger partial charge in [0, 0.05) is 18.2 Å². The van der Waals surface area contributed by atoms with E-state index in [0.29, 0.717) is 0 Å². The largest absolute Gasteiger partial charge is 0.272 e. The minimum absolute atomic E-state index is 0.0895. The van der Waals surface area contributed by atoms with Gasteiger partial charge < -0.3 is 0 Å². The van der Waals surface area contributed by atoms with E-state index in [1.165, 1.54) is 42.7 Å². The summed E-state index contributed by atoms with van der Waals surface area (Å²) in [5, 5.41) is 0. The van der Waals surface area contributed by atoms with E-state index in [-0.39, 0.29) is 17.9 Å². The number of unbranched alkanes of at least 4 members (excludes halogenated alkanes) is 4. The van der Waals surface area contributed by atoms with Gasteiger partial charge in [-0.25, -0.2) is 0 Å². The van der Waals surface area contributed by atoms with Crippen molar-refractivity contribution in [1.82, 2.24) is 4.90 Å². The van der Waals surface area contributed by atoms with Gasteiger partial charge in [-0.1, -0.05) is 46.0 Å². The van der Waals surface area contributed by atoms with E-state index in [1.54, 1.807) is 0 Å². The molecule has 0 saturated heterocycles. The first-order valence-electron chi connectivity index (χ1n) is 6.76. The quantitative estimate of drug-likeness (QED) is 0.480. The molecule has 3 heteroatoms. The van der Waals surface area contributed by atoms with Gasteiger partial charge in [-0.05, 0) is 12.8 Å². The second-order valence-electron chi connectivity index (χ2n) is 4.64. The Bertz CT molecular complexity index is 279. The van der Waals surface area contributed by atoms with Crippen molar-refractivity contribution in [1.29, 1.82) is 0 Å². The van der Waals surface area contributed by atoms with Crippen LogP contribution in [-0.4, -0.2) is 22.8 Å². The molecule has 0 fully saturated rings. The first-order valence-corrected chi connectivity index (χ1v) is 6.76. The van der Waals surface area contributed by atoms with Crippen molar-refractivity contribution >= 4 is 11.8 Å². The van der Waals surface area contributed by atoms with Gasteiger partial charge in [0.15, 0.2) is 0 Å². The van der Waals surface area contributed by atoms with Gasteiger partial charge in [0.1, 0.15) is 0 Å². The highest BCUT2D eigenvalue weighted by Crippen LogP contribution is 2.18. The Morgan fingerprint density at radius 2 is 1.59 bits per heavy atom. The Kier molecular flexibility index (Phi) is 5.95. The van der Waals surface area contributed by atoms with Crippen molar-refractivity contribution in [3.05, 3.63) is 12.2 Å². The van der Waals surface area contributed by atoms with Crippen LogP contribution in [-0.2, 0) is 9.59 Å². The molecular weight excluding hydrogens is 214 g/mol. The van der Waals surface area contributed by atoms with Crippen LogP contribution in [0, 0.1) is 0 Å². The van der Waals surface area contributed by atoms with Gasteiger partial charge in [-0.3, -0.25) is 14.5 Å². The fourth-order valence-corrected chi connectivity index (χ4v) is 2.27. The minimum atomic E-state index is -0.143. The molecule has 17 heavy (non-hydrogen) atoms. The first kappa shape index (κ1) is 13.9. The zero-order valence-corrected chi connectivity index (χ0v) is 10.9. The SMILES string of the molecule is CCCCCCC[C@@H](CC)N1C(=O)C=CC1=O. The number of hydrogen-bond donors (Lipinski definition) is 0. The smallest absolute Gasteiger partial charge is 0.253 e. The lowest BCUT2D eigenvalue weighted by Crippen LogP contribution is -2.39. The van der Waals surface area contributed by atoms with Gasteiger partial charge in [-0.2, -0.15) is 0 Å². The van der Waals surface area contributed by atoms with Gasteiger partial charge in [0.2, 0.25) is 0 Å². The van der Waals surface area contributed by atoms with Crippen molar-refractivity contribution in [3.63, 3.8) is 0 Å². The molecular formula is C14H23NO2. The topological polar surface area (TPSA) is 37.4 Å². The molecule has 1 aliphatic heterocycles. The molecule has 1 aliphatic rings. The van der Waals surface area contributed by atoms with Crippen molar-refractivity contribution in [2.45, 2.75) is 64.8 Å². The minimum Gasteiger partial charge on any atom is -0.272 e. The van der Waals surface area contributed by atoms with Crippen LogP contribution in [0.15, 0.2) is 12.2 Å². The molecule has 0 aromatic rings. The van der Waals surface area contributed by atoms with E-state index in [9.17, 15) is 9.59 Å². The maximum Gasteiger partial charge on any atom is 0.253 e. The van der Waals surface area contributed by atoms with E-state index in [4.69, 9.17) is 0 Å². The van der Waals surface area contributed by atoms with Gasteiger partial charge in [0.05, 0.1) is 0 Å². The number of rotatable bonds is 8. The standard InChI is InChI=1S/C14H23NO2/c1-3-5-6-7-8-9-12(4-2)15-13(16)10-11-14(15)17/h10-12H,3-9H2,1-2H3/t12-/m1/s1. The zero-order valence-electron chi connectivity index (χ0n) is 10.9. The van der Waals surface area contributed by atoms with E-state index in [2.05, 4.69) is 6.92 Å². The third-order valence-electron chi connectivity index (χ3n) is 3.32. The van der Waals surface area contributed by atoms with E-state index in [0.717, 1.165) is 19.3 Å². The van der Waals surface area contributed by atoms with Gasteiger partial charge in [0.25, 0.3) is 11.8 Å². The number of carbonyl (C=O) groups is 2. The lowest BCUT2D eigenvalue weighted by atomic mass is 10.0. The van der Waals surface area contributed by atoms with Crippen LogP contribution in [0.3, 0.4) is 0 Å². The van der Waals surface area contributed by atoms with Crippen molar-refractivity contribution in [3.8, 4) is 0 Å². The molecule has 2 amide bonds. The normalized spacial score (nSPS) is 16.9. The van der Waals surface area contributed by atoms with Crippen LogP contribution >= 0.6 is 0 Å². The monoisotopic (exact) mass is 237 g/mol. The first-order chi connectivity index (χ1) is 8.20. The number of carbonyl (C=O) groups excluding carboxylic acids is 2. The summed E-state index contributed by atoms with van der Waals surface area (Å²) < 4.78 is 0. The number of imide groups is 1. The highest BCUT2D eigenvalue weighted by molar-refractivity contribution is 6.13. The molecule has 0 N–H and O–H groups in total. The van der Waals surface area contributed by atoms with Crippen molar-refractivity contribution in [2.24, 2.45) is 0 Å². The second-order valence-corrected chi connectivity index (χ2v) is 4.64. The molecule has 0 aliphatic carbocycles. The Morgan fingerprint density at radius 1 is 1.00 bits per heavy atom. The molecule has 0 spiro atoms. The summed E-state index contributed by atoms with van der Waals surface area (Å²) in [5.74, 6) is -0.286. The summed E-state index contributed by atoms with van der Waals surface area (Å²) in [7, 11) is 0. The molecule has 0 radical (unpaired) electrons. The summed E-state index contributed by atoms with van der Waals surface area (Å²) in [6.45, 7) is 4.23. The number of hydrogen-bond acceptors (Lipinski definition) is 2. The van der Waals surface area contributed by atoms with Crippen LogP contribution in [0.25, 0.3) is 0 Å². The molecule has 0 aromatic carbocycles. The summed E-state index contributed by atoms with van der Waals surface area (Å²) in [4.78, 5) is 24.5. The second kappa shape index (κ2) is 7.25. The Balaban J connectivity index is 2.33. The molecule has 0 aromatic heterocycles. The summed E-state index contributed by atoms with van der Waals surface area (Å²) >= 11 is 0. The molecule has 96 valence electrons. The Hall–Kier alpha value is -1.12. The third kappa shape index (κ3) is 3.99. The molecule has 1 rings (SSSR count). The molecule has 0 unspecified atom stereocenters. The fourth-order valence-electron chi connectivity index (χ4n) is 2.27. The van der Waals surface area contributed by atoms with Crippen LogP contribution < -0.4 is 0 Å². The predicted molar refractivity (Wildman–Crippen MR) is 68.4 cm³/mol. The summed E-state index contributed by atoms with van der Waals surface area (Å²) in [6.07, 6.45) is 10.6. The van der Waals surface area contributed by atoms with Crippen molar-refractivity contribution < 1.29 is 9.59 Å². The lowest BCUT2D eigenvalue weighted by molar-refractivity contribution is -0.139. The number of nitrogens with zero attached hydrogens (tertiary/aromatic N) is 1. The Morgan fingerprint density at radius 3 is 2.12 bits per heavy atom. The molecule has 0 bridgehead atoms. The maximum atomic E-state index is 11.5. The molecule has 3 nitrogen and oxygen atoms in total. The lowest BCUT2D eigenvalue weighted by Gasteiger charge is -2.25. The van der Waals surface area contributed by atoms with E-state index in [1.807, 2.05) is 6.92 Å². The predicted octanol–water partition coefficient (Wildman–Crippen LogP) is 3.05. The van der Waals surface area contributed by atoms with Crippen LogP contribution in [0.5, 0.6) is 0 Å². The van der Waals surface area contributed by atoms with Crippen LogP contribution in [0.4, 0.5) is 0 Å². The van der Waals surface area contributed by atoms with Crippen molar-refractivity contribution in [2.75, 3.05) is 0 Å². The van der Waals surface area contributed by atoms with Crippen LogP contribution in [0.2, 0.25) is 0 Å². The summed E-state index contributed by atoms with van der Waals surface area (Å²) in [5.41, 5.74) is 0. The molecule has 1 heterocycles. The van der Waals surface area contributed by atoms with E-state index < -0.39 is 0 Å². The summed E-state index contributed by atoms with van der Waals surface area (Å²) in [6, 6.07) is 0.0895. The molecule has 1 atom stereocenters. The van der Waals surface area contributed by atoms with Gasteiger partial charge in [-0.15, -0.1) is 0 Å². The Labute approximate surface area is 104 Å². The van der Waals surface area contributed by atoms with Gasteiger partial charge >= 0.3 is 0 Å². The highest BCUT2D eigenvalue weighted by atomic mass is 16.2. The van der Waals surface area contributed by atoms with Crippen LogP contribution in [0.1, 0.15) is 58.8 Å². The highest BCUT2D eigenvalue weighted by Gasteiger charge is 2.29. The zero-order chi connectivity index (χ0) is 12.7. The number of amides is 2. The maximum absolute atomic E-state index is 11.5.